The predicted molar refractivity (Wildman–Crippen MR) is 135 cm³/mol. The molecule has 1 aliphatic heterocycles. The third-order valence-electron chi connectivity index (χ3n) is 6.16. The average Bonchev–Trinajstić information content (AvgIpc) is 3.07. The van der Waals surface area contributed by atoms with Gasteiger partial charge in [0.15, 0.2) is 0 Å². The standard InChI is InChI=1S/C26H29Cl2N3O2/c1-4-33-26(32)24-18(2)31(23-11-10-20(27)16-22(23)28)25(19-8-6-5-7-9-19)21(24)17-30-14-12-29(3)13-15-30/h5-11,16H,4,12-15,17H2,1-3H3. The van der Waals surface area contributed by atoms with Gasteiger partial charge in [-0.25, -0.2) is 4.79 Å². The smallest absolute Gasteiger partial charge is 0.340 e. The zero-order valence-corrected chi connectivity index (χ0v) is 20.8. The summed E-state index contributed by atoms with van der Waals surface area (Å²) in [7, 11) is 2.14. The first-order chi connectivity index (χ1) is 15.9. The summed E-state index contributed by atoms with van der Waals surface area (Å²) in [6.07, 6.45) is 0. The number of likely N-dealkylation sites (N-methyl/N-ethyl adjacent to an activating group) is 1. The lowest BCUT2D eigenvalue weighted by Gasteiger charge is -2.32. The van der Waals surface area contributed by atoms with Crippen LogP contribution in [0.4, 0.5) is 0 Å². The van der Waals surface area contributed by atoms with Crippen LogP contribution in [0.15, 0.2) is 48.5 Å². The van der Waals surface area contributed by atoms with E-state index in [1.165, 1.54) is 0 Å². The van der Waals surface area contributed by atoms with E-state index in [0.717, 1.165) is 54.4 Å². The average molecular weight is 486 g/mol. The van der Waals surface area contributed by atoms with Crippen LogP contribution in [-0.2, 0) is 11.3 Å². The Hall–Kier alpha value is -2.31. The van der Waals surface area contributed by atoms with E-state index >= 15 is 0 Å². The minimum Gasteiger partial charge on any atom is -0.462 e. The lowest BCUT2D eigenvalue weighted by atomic mass is 10.0. The van der Waals surface area contributed by atoms with Crippen LogP contribution in [0.2, 0.25) is 10.0 Å². The van der Waals surface area contributed by atoms with Gasteiger partial charge >= 0.3 is 5.97 Å². The summed E-state index contributed by atoms with van der Waals surface area (Å²) < 4.78 is 7.59. The third kappa shape index (κ3) is 4.97. The van der Waals surface area contributed by atoms with E-state index in [4.69, 9.17) is 27.9 Å². The van der Waals surface area contributed by atoms with Crippen molar-refractivity contribution in [1.29, 1.82) is 0 Å². The molecule has 0 amide bonds. The molecule has 3 aromatic rings. The molecule has 0 radical (unpaired) electrons. The fraction of sp³-hybridized carbons (Fsp3) is 0.346. The van der Waals surface area contributed by atoms with Crippen LogP contribution < -0.4 is 0 Å². The highest BCUT2D eigenvalue weighted by molar-refractivity contribution is 6.35. The van der Waals surface area contributed by atoms with Crippen molar-refractivity contribution in [2.24, 2.45) is 0 Å². The van der Waals surface area contributed by atoms with Gasteiger partial charge < -0.3 is 14.2 Å². The number of hydrogen-bond donors (Lipinski definition) is 0. The second-order valence-electron chi connectivity index (χ2n) is 8.38. The topological polar surface area (TPSA) is 37.7 Å². The summed E-state index contributed by atoms with van der Waals surface area (Å²) in [5.41, 5.74) is 5.15. The van der Waals surface area contributed by atoms with Crippen LogP contribution >= 0.6 is 23.2 Å². The van der Waals surface area contributed by atoms with E-state index in [-0.39, 0.29) is 5.97 Å². The molecule has 7 heteroatoms. The normalized spacial score (nSPS) is 15.1. The van der Waals surface area contributed by atoms with Gasteiger partial charge in [-0.2, -0.15) is 0 Å². The number of carbonyl (C=O) groups is 1. The van der Waals surface area contributed by atoms with Crippen LogP contribution in [0.5, 0.6) is 0 Å². The minimum absolute atomic E-state index is 0.305. The second kappa shape index (κ2) is 10.3. The molecule has 174 valence electrons. The summed E-state index contributed by atoms with van der Waals surface area (Å²) >= 11 is 12.9. The SMILES string of the molecule is CCOC(=O)c1c(CN2CCN(C)CC2)c(-c2ccccc2)n(-c2ccc(Cl)cc2Cl)c1C. The number of piperazine rings is 1. The van der Waals surface area contributed by atoms with Crippen LogP contribution in [0.25, 0.3) is 16.9 Å². The van der Waals surface area contributed by atoms with Crippen molar-refractivity contribution in [2.45, 2.75) is 20.4 Å². The Morgan fingerprint density at radius 2 is 1.73 bits per heavy atom. The first kappa shape index (κ1) is 23.8. The number of hydrogen-bond acceptors (Lipinski definition) is 4. The van der Waals surface area contributed by atoms with E-state index in [1.807, 2.05) is 44.2 Å². The van der Waals surface area contributed by atoms with Gasteiger partial charge in [0.1, 0.15) is 0 Å². The monoisotopic (exact) mass is 485 g/mol. The molecule has 5 nitrogen and oxygen atoms in total. The van der Waals surface area contributed by atoms with Crippen LogP contribution in [0, 0.1) is 6.92 Å². The predicted octanol–water partition coefficient (Wildman–Crippen LogP) is 5.68. The molecule has 0 aliphatic carbocycles. The van der Waals surface area contributed by atoms with E-state index in [2.05, 4.69) is 33.5 Å². The van der Waals surface area contributed by atoms with Crippen molar-refractivity contribution in [1.82, 2.24) is 14.4 Å². The zero-order chi connectivity index (χ0) is 23.5. The zero-order valence-electron chi connectivity index (χ0n) is 19.3. The highest BCUT2D eigenvalue weighted by atomic mass is 35.5. The molecular weight excluding hydrogens is 457 g/mol. The molecule has 1 saturated heterocycles. The van der Waals surface area contributed by atoms with Gasteiger partial charge in [0, 0.05) is 49.0 Å². The number of benzene rings is 2. The molecule has 0 saturated carbocycles. The molecule has 0 bridgehead atoms. The Labute approximate surface area is 205 Å². The Morgan fingerprint density at radius 3 is 2.36 bits per heavy atom. The summed E-state index contributed by atoms with van der Waals surface area (Å²) in [4.78, 5) is 18.0. The summed E-state index contributed by atoms with van der Waals surface area (Å²) in [6, 6.07) is 15.6. The Bertz CT molecular complexity index is 1140. The molecule has 0 N–H and O–H groups in total. The van der Waals surface area contributed by atoms with Crippen molar-refractivity contribution < 1.29 is 9.53 Å². The number of aromatic nitrogens is 1. The Kier molecular flexibility index (Phi) is 7.45. The molecule has 1 fully saturated rings. The summed E-state index contributed by atoms with van der Waals surface area (Å²) in [6.45, 7) is 8.65. The quantitative estimate of drug-likeness (QED) is 0.420. The molecule has 0 atom stereocenters. The van der Waals surface area contributed by atoms with Gasteiger partial charge in [-0.15, -0.1) is 0 Å². The van der Waals surface area contributed by atoms with Gasteiger partial charge in [0.25, 0.3) is 0 Å². The molecular formula is C26H29Cl2N3O2. The molecule has 2 heterocycles. The number of rotatable bonds is 6. The maximum absolute atomic E-state index is 13.2. The van der Waals surface area contributed by atoms with Gasteiger partial charge in [0.05, 0.1) is 28.6 Å². The van der Waals surface area contributed by atoms with Crippen molar-refractivity contribution >= 4 is 29.2 Å². The van der Waals surface area contributed by atoms with Crippen molar-refractivity contribution in [2.75, 3.05) is 39.8 Å². The highest BCUT2D eigenvalue weighted by Crippen LogP contribution is 2.38. The van der Waals surface area contributed by atoms with Crippen LogP contribution in [-0.4, -0.2) is 60.2 Å². The molecule has 0 spiro atoms. The number of halogens is 2. The third-order valence-corrected chi connectivity index (χ3v) is 6.70. The largest absolute Gasteiger partial charge is 0.462 e. The molecule has 33 heavy (non-hydrogen) atoms. The first-order valence-corrected chi connectivity index (χ1v) is 12.0. The fourth-order valence-corrected chi connectivity index (χ4v) is 4.97. The number of carbonyl (C=O) groups excluding carboxylic acids is 1. The van der Waals surface area contributed by atoms with Gasteiger partial charge in [-0.1, -0.05) is 53.5 Å². The Balaban J connectivity index is 1.96. The van der Waals surface area contributed by atoms with E-state index < -0.39 is 0 Å². The number of ether oxygens (including phenoxy) is 1. The van der Waals surface area contributed by atoms with Crippen LogP contribution in [0.1, 0.15) is 28.5 Å². The summed E-state index contributed by atoms with van der Waals surface area (Å²) in [5.74, 6) is -0.305. The molecule has 4 rings (SSSR count). The van der Waals surface area contributed by atoms with Crippen LogP contribution in [0.3, 0.4) is 0 Å². The minimum atomic E-state index is -0.305. The van der Waals surface area contributed by atoms with Gasteiger partial charge in [-0.05, 0) is 44.7 Å². The highest BCUT2D eigenvalue weighted by Gasteiger charge is 2.30. The lowest BCUT2D eigenvalue weighted by Crippen LogP contribution is -2.44. The van der Waals surface area contributed by atoms with Crippen molar-refractivity contribution in [3.8, 4) is 16.9 Å². The van der Waals surface area contributed by atoms with Crippen molar-refractivity contribution in [3.05, 3.63) is 75.4 Å². The van der Waals surface area contributed by atoms with E-state index in [1.54, 1.807) is 6.07 Å². The van der Waals surface area contributed by atoms with Gasteiger partial charge in [-0.3, -0.25) is 4.90 Å². The number of nitrogens with zero attached hydrogens (tertiary/aromatic N) is 3. The molecule has 0 unspecified atom stereocenters. The molecule has 1 aromatic heterocycles. The van der Waals surface area contributed by atoms with E-state index in [9.17, 15) is 4.79 Å². The lowest BCUT2D eigenvalue weighted by molar-refractivity contribution is 0.0522. The Morgan fingerprint density at radius 1 is 1.03 bits per heavy atom. The van der Waals surface area contributed by atoms with Crippen molar-refractivity contribution in [3.63, 3.8) is 0 Å². The molecule has 2 aromatic carbocycles. The van der Waals surface area contributed by atoms with Gasteiger partial charge in [0.2, 0.25) is 0 Å². The van der Waals surface area contributed by atoms with E-state index in [0.29, 0.717) is 28.8 Å². The number of esters is 1. The fourth-order valence-electron chi connectivity index (χ4n) is 4.47. The first-order valence-electron chi connectivity index (χ1n) is 11.2. The maximum atomic E-state index is 13.2. The second-order valence-corrected chi connectivity index (χ2v) is 9.23. The molecule has 1 aliphatic rings. The maximum Gasteiger partial charge on any atom is 0.340 e. The summed E-state index contributed by atoms with van der Waals surface area (Å²) in [5, 5.41) is 1.09.